The first-order chi connectivity index (χ1) is 11.2. The van der Waals surface area contributed by atoms with E-state index in [1.54, 1.807) is 0 Å². The standard InChI is InChI=1S/C19H23NO3/c1-3-4-13-22-17-11-7-16(8-12-17)20-19(21)14-23-18-9-5-15(2)6-10-18/h5-12H,3-4,13-14H2,1-2H3,(H,20,21). The summed E-state index contributed by atoms with van der Waals surface area (Å²) in [6.45, 7) is 4.83. The lowest BCUT2D eigenvalue weighted by Gasteiger charge is -2.09. The molecule has 1 amide bonds. The lowest BCUT2D eigenvalue weighted by Crippen LogP contribution is -2.20. The van der Waals surface area contributed by atoms with Crippen molar-refractivity contribution >= 4 is 11.6 Å². The Bertz CT molecular complexity index is 606. The highest BCUT2D eigenvalue weighted by molar-refractivity contribution is 5.91. The van der Waals surface area contributed by atoms with Crippen LogP contribution in [0, 0.1) is 6.92 Å². The molecule has 0 aromatic heterocycles. The number of unbranched alkanes of at least 4 members (excludes halogenated alkanes) is 1. The Balaban J connectivity index is 1.77. The molecule has 2 rings (SSSR count). The molecule has 0 aliphatic rings. The first-order valence-corrected chi connectivity index (χ1v) is 7.89. The first-order valence-electron chi connectivity index (χ1n) is 7.89. The number of aryl methyl sites for hydroxylation is 1. The van der Waals surface area contributed by atoms with E-state index in [0.29, 0.717) is 12.4 Å². The van der Waals surface area contributed by atoms with Crippen molar-refractivity contribution in [1.29, 1.82) is 0 Å². The molecule has 2 aromatic rings. The molecule has 2 aromatic carbocycles. The highest BCUT2D eigenvalue weighted by atomic mass is 16.5. The number of ether oxygens (including phenoxy) is 2. The molecule has 0 fully saturated rings. The molecule has 0 aliphatic carbocycles. The van der Waals surface area contributed by atoms with Crippen molar-refractivity contribution in [1.82, 2.24) is 0 Å². The van der Waals surface area contributed by atoms with Gasteiger partial charge in [-0.15, -0.1) is 0 Å². The molecule has 0 radical (unpaired) electrons. The summed E-state index contributed by atoms with van der Waals surface area (Å²) in [6, 6.07) is 15.0. The molecule has 4 nitrogen and oxygen atoms in total. The lowest BCUT2D eigenvalue weighted by atomic mass is 10.2. The maximum Gasteiger partial charge on any atom is 0.262 e. The maximum absolute atomic E-state index is 11.9. The van der Waals surface area contributed by atoms with E-state index in [1.165, 1.54) is 0 Å². The quantitative estimate of drug-likeness (QED) is 0.743. The summed E-state index contributed by atoms with van der Waals surface area (Å²) in [5.41, 5.74) is 1.88. The van der Waals surface area contributed by atoms with Gasteiger partial charge in [0, 0.05) is 5.69 Å². The van der Waals surface area contributed by atoms with Crippen molar-refractivity contribution < 1.29 is 14.3 Å². The molecular formula is C19H23NO3. The predicted octanol–water partition coefficient (Wildman–Crippen LogP) is 4.19. The third kappa shape index (κ3) is 6.02. The molecule has 0 saturated carbocycles. The lowest BCUT2D eigenvalue weighted by molar-refractivity contribution is -0.118. The van der Waals surface area contributed by atoms with Crippen LogP contribution in [0.25, 0.3) is 0 Å². The van der Waals surface area contributed by atoms with E-state index in [9.17, 15) is 4.79 Å². The minimum atomic E-state index is -0.190. The summed E-state index contributed by atoms with van der Waals surface area (Å²) >= 11 is 0. The number of carbonyl (C=O) groups excluding carboxylic acids is 1. The van der Waals surface area contributed by atoms with Gasteiger partial charge in [-0.25, -0.2) is 0 Å². The third-order valence-corrected chi connectivity index (χ3v) is 3.30. The second-order valence-electron chi connectivity index (χ2n) is 5.38. The molecule has 0 heterocycles. The fourth-order valence-corrected chi connectivity index (χ4v) is 1.95. The van der Waals surface area contributed by atoms with Crippen LogP contribution in [0.1, 0.15) is 25.3 Å². The minimum Gasteiger partial charge on any atom is -0.494 e. The Morgan fingerprint density at radius 3 is 2.22 bits per heavy atom. The summed E-state index contributed by atoms with van der Waals surface area (Å²) in [4.78, 5) is 11.9. The molecular weight excluding hydrogens is 290 g/mol. The normalized spacial score (nSPS) is 10.2. The van der Waals surface area contributed by atoms with Gasteiger partial charge in [-0.2, -0.15) is 0 Å². The average molecular weight is 313 g/mol. The molecule has 122 valence electrons. The van der Waals surface area contributed by atoms with Crippen LogP contribution in [0.2, 0.25) is 0 Å². The number of rotatable bonds is 8. The van der Waals surface area contributed by atoms with Crippen LogP contribution >= 0.6 is 0 Å². The second-order valence-corrected chi connectivity index (χ2v) is 5.38. The van der Waals surface area contributed by atoms with E-state index in [2.05, 4.69) is 12.2 Å². The van der Waals surface area contributed by atoms with Crippen LogP contribution in [-0.2, 0) is 4.79 Å². The largest absolute Gasteiger partial charge is 0.494 e. The SMILES string of the molecule is CCCCOc1ccc(NC(=O)COc2ccc(C)cc2)cc1. The van der Waals surface area contributed by atoms with Crippen molar-refractivity contribution in [2.24, 2.45) is 0 Å². The van der Waals surface area contributed by atoms with Crippen LogP contribution in [-0.4, -0.2) is 19.1 Å². The number of carbonyl (C=O) groups is 1. The van der Waals surface area contributed by atoms with Crippen LogP contribution in [0.5, 0.6) is 11.5 Å². The summed E-state index contributed by atoms with van der Waals surface area (Å²) in [5.74, 6) is 1.31. The third-order valence-electron chi connectivity index (χ3n) is 3.30. The summed E-state index contributed by atoms with van der Waals surface area (Å²) in [7, 11) is 0. The average Bonchev–Trinajstić information content (AvgIpc) is 2.56. The smallest absolute Gasteiger partial charge is 0.262 e. The van der Waals surface area contributed by atoms with E-state index in [1.807, 2.05) is 55.5 Å². The number of benzene rings is 2. The second kappa shape index (κ2) is 8.83. The van der Waals surface area contributed by atoms with Gasteiger partial charge in [0.2, 0.25) is 0 Å². The number of nitrogens with one attached hydrogen (secondary N) is 1. The van der Waals surface area contributed by atoms with E-state index in [0.717, 1.165) is 29.8 Å². The van der Waals surface area contributed by atoms with E-state index < -0.39 is 0 Å². The molecule has 0 atom stereocenters. The zero-order valence-electron chi connectivity index (χ0n) is 13.7. The van der Waals surface area contributed by atoms with Gasteiger partial charge in [-0.05, 0) is 49.7 Å². The van der Waals surface area contributed by atoms with Crippen molar-refractivity contribution in [3.05, 3.63) is 54.1 Å². The van der Waals surface area contributed by atoms with Crippen LogP contribution in [0.3, 0.4) is 0 Å². The van der Waals surface area contributed by atoms with E-state index in [-0.39, 0.29) is 12.5 Å². The zero-order valence-corrected chi connectivity index (χ0v) is 13.7. The number of amides is 1. The van der Waals surface area contributed by atoms with Gasteiger partial charge in [-0.3, -0.25) is 4.79 Å². The maximum atomic E-state index is 11.9. The predicted molar refractivity (Wildman–Crippen MR) is 92.1 cm³/mol. The number of hydrogen-bond donors (Lipinski definition) is 1. The summed E-state index contributed by atoms with van der Waals surface area (Å²) in [5, 5.41) is 2.80. The molecule has 0 bridgehead atoms. The fraction of sp³-hybridized carbons (Fsp3) is 0.316. The molecule has 23 heavy (non-hydrogen) atoms. The van der Waals surface area contributed by atoms with Gasteiger partial charge in [0.25, 0.3) is 5.91 Å². The molecule has 0 spiro atoms. The van der Waals surface area contributed by atoms with E-state index in [4.69, 9.17) is 9.47 Å². The van der Waals surface area contributed by atoms with Gasteiger partial charge >= 0.3 is 0 Å². The highest BCUT2D eigenvalue weighted by Gasteiger charge is 2.04. The van der Waals surface area contributed by atoms with Gasteiger partial charge < -0.3 is 14.8 Å². The molecule has 1 N–H and O–H groups in total. The Hall–Kier alpha value is -2.49. The van der Waals surface area contributed by atoms with Gasteiger partial charge in [-0.1, -0.05) is 31.0 Å². The van der Waals surface area contributed by atoms with Crippen LogP contribution in [0.4, 0.5) is 5.69 Å². The van der Waals surface area contributed by atoms with Crippen molar-refractivity contribution in [2.75, 3.05) is 18.5 Å². The summed E-state index contributed by atoms with van der Waals surface area (Å²) < 4.78 is 11.0. The minimum absolute atomic E-state index is 0.0161. The Morgan fingerprint density at radius 1 is 0.957 bits per heavy atom. The molecule has 4 heteroatoms. The highest BCUT2D eigenvalue weighted by Crippen LogP contribution is 2.16. The molecule has 0 saturated heterocycles. The molecule has 0 aliphatic heterocycles. The van der Waals surface area contributed by atoms with Gasteiger partial charge in [0.1, 0.15) is 11.5 Å². The topological polar surface area (TPSA) is 47.6 Å². The Kier molecular flexibility index (Phi) is 6.48. The van der Waals surface area contributed by atoms with Crippen LogP contribution < -0.4 is 14.8 Å². The van der Waals surface area contributed by atoms with E-state index >= 15 is 0 Å². The number of anilines is 1. The Morgan fingerprint density at radius 2 is 1.57 bits per heavy atom. The fourth-order valence-electron chi connectivity index (χ4n) is 1.95. The summed E-state index contributed by atoms with van der Waals surface area (Å²) in [6.07, 6.45) is 2.14. The van der Waals surface area contributed by atoms with Crippen molar-refractivity contribution in [3.8, 4) is 11.5 Å². The van der Waals surface area contributed by atoms with Gasteiger partial charge in [0.05, 0.1) is 6.61 Å². The van der Waals surface area contributed by atoms with Crippen molar-refractivity contribution in [2.45, 2.75) is 26.7 Å². The first kappa shape index (κ1) is 16.9. The zero-order chi connectivity index (χ0) is 16.5. The number of hydrogen-bond acceptors (Lipinski definition) is 3. The van der Waals surface area contributed by atoms with Crippen LogP contribution in [0.15, 0.2) is 48.5 Å². The Labute approximate surface area is 137 Å². The monoisotopic (exact) mass is 313 g/mol. The van der Waals surface area contributed by atoms with Gasteiger partial charge in [0.15, 0.2) is 6.61 Å². The molecule has 0 unspecified atom stereocenters. The van der Waals surface area contributed by atoms with Crippen molar-refractivity contribution in [3.63, 3.8) is 0 Å².